The van der Waals surface area contributed by atoms with E-state index in [0.717, 1.165) is 53.5 Å². The van der Waals surface area contributed by atoms with Crippen LogP contribution in [0.15, 0.2) is 60.2 Å². The summed E-state index contributed by atoms with van der Waals surface area (Å²) in [5.74, 6) is 0.555. The summed E-state index contributed by atoms with van der Waals surface area (Å²) < 4.78 is 34.9. The largest absolute Gasteiger partial charge is 0.462 e. The van der Waals surface area contributed by atoms with Gasteiger partial charge in [0.15, 0.2) is 0 Å². The monoisotopic (exact) mass is 831 g/mol. The average molecular weight is 832 g/mol. The molecule has 1 N–H and O–H groups in total. The van der Waals surface area contributed by atoms with Gasteiger partial charge >= 0.3 is 17.9 Å². The second-order valence-electron chi connectivity index (χ2n) is 15.9. The number of anilines is 1. The Kier molecular flexibility index (Phi) is 17.7. The Morgan fingerprint density at radius 3 is 2.20 bits per heavy atom. The number of thiazole rings is 1. The Hall–Kier alpha value is -4.17. The third kappa shape index (κ3) is 13.9. The van der Waals surface area contributed by atoms with Gasteiger partial charge in [0.05, 0.1) is 67.4 Å². The molecule has 0 radical (unpaired) electrons. The molecule has 0 aliphatic heterocycles. The van der Waals surface area contributed by atoms with Crippen molar-refractivity contribution >= 4 is 50.8 Å². The predicted molar refractivity (Wildman–Crippen MR) is 229 cm³/mol. The van der Waals surface area contributed by atoms with Gasteiger partial charge in [0, 0.05) is 11.6 Å². The molecule has 0 saturated heterocycles. The number of ether oxygens (including phenoxy) is 6. The van der Waals surface area contributed by atoms with Crippen LogP contribution < -0.4 is 10.2 Å². The number of carbonyl (C=O) groups excluding carboxylic acids is 3. The fourth-order valence-electron chi connectivity index (χ4n) is 8.47. The Morgan fingerprint density at radius 2 is 1.49 bits per heavy atom. The molecule has 59 heavy (non-hydrogen) atoms. The molecule has 3 aromatic rings. The number of para-hydroxylation sites is 1. The summed E-state index contributed by atoms with van der Waals surface area (Å²) in [5.41, 5.74) is 6.03. The zero-order valence-corrected chi connectivity index (χ0v) is 35.3. The SMILES string of the molecule is C=CC(=O)OCCOCCOCCOC1CCC(C(=O)OC2CCC(C(=O)Oc3ccc(C4CCC(CCC)CC4)cc3/C=N/Nc3nc4ccccc4s3)CC2)CC1. The van der Waals surface area contributed by atoms with Crippen molar-refractivity contribution in [1.82, 2.24) is 4.98 Å². The summed E-state index contributed by atoms with van der Waals surface area (Å²) in [4.78, 5) is 42.3. The van der Waals surface area contributed by atoms with Crippen LogP contribution >= 0.6 is 11.3 Å². The van der Waals surface area contributed by atoms with E-state index in [1.54, 1.807) is 17.6 Å². The summed E-state index contributed by atoms with van der Waals surface area (Å²) in [5, 5.41) is 5.23. The molecule has 1 aromatic heterocycles. The molecule has 0 amide bonds. The Balaban J connectivity index is 0.913. The Morgan fingerprint density at radius 1 is 0.814 bits per heavy atom. The number of carbonyl (C=O) groups is 3. The molecule has 0 spiro atoms. The number of rotatable bonds is 21. The molecule has 1 heterocycles. The molecule has 6 rings (SSSR count). The molecule has 320 valence electrons. The normalized spacial score (nSPS) is 23.5. The topological polar surface area (TPSA) is 144 Å². The fraction of sp³-hybridized carbons (Fsp3) is 0.587. The number of esters is 3. The van der Waals surface area contributed by atoms with Crippen molar-refractivity contribution in [3.05, 3.63) is 66.2 Å². The number of nitrogens with one attached hydrogen (secondary N) is 1. The van der Waals surface area contributed by atoms with Crippen molar-refractivity contribution in [2.75, 3.05) is 45.1 Å². The molecule has 3 aliphatic carbocycles. The van der Waals surface area contributed by atoms with Crippen molar-refractivity contribution in [1.29, 1.82) is 0 Å². The molecule has 0 bridgehead atoms. The quantitative estimate of drug-likeness (QED) is 0.0274. The highest BCUT2D eigenvalue weighted by Crippen LogP contribution is 2.39. The first kappa shape index (κ1) is 44.4. The van der Waals surface area contributed by atoms with E-state index in [4.69, 9.17) is 28.4 Å². The average Bonchev–Trinajstić information content (AvgIpc) is 3.68. The van der Waals surface area contributed by atoms with E-state index in [2.05, 4.69) is 41.1 Å². The van der Waals surface area contributed by atoms with Crippen LogP contribution in [0.2, 0.25) is 0 Å². The van der Waals surface area contributed by atoms with Gasteiger partial charge in [0.1, 0.15) is 18.5 Å². The smallest absolute Gasteiger partial charge is 0.330 e. The third-order valence-corrected chi connectivity index (χ3v) is 12.7. The van der Waals surface area contributed by atoms with Crippen LogP contribution in [0.4, 0.5) is 5.13 Å². The van der Waals surface area contributed by atoms with Crippen LogP contribution in [0.1, 0.15) is 114 Å². The van der Waals surface area contributed by atoms with Gasteiger partial charge < -0.3 is 28.4 Å². The van der Waals surface area contributed by atoms with E-state index in [1.807, 2.05) is 30.3 Å². The van der Waals surface area contributed by atoms with Crippen LogP contribution in [-0.2, 0) is 38.1 Å². The van der Waals surface area contributed by atoms with Crippen LogP contribution in [0.3, 0.4) is 0 Å². The maximum atomic E-state index is 13.6. The van der Waals surface area contributed by atoms with E-state index in [9.17, 15) is 14.4 Å². The summed E-state index contributed by atoms with van der Waals surface area (Å²) in [6.07, 6.45) is 15.7. The maximum Gasteiger partial charge on any atom is 0.330 e. The lowest BCUT2D eigenvalue weighted by atomic mass is 9.77. The first-order valence-corrected chi connectivity index (χ1v) is 22.5. The molecule has 3 aliphatic rings. The van der Waals surface area contributed by atoms with Crippen LogP contribution in [0, 0.1) is 17.8 Å². The molecular formula is C46H61N3O9S. The number of fused-ring (bicyclic) bond motifs is 1. The third-order valence-electron chi connectivity index (χ3n) is 11.8. The minimum Gasteiger partial charge on any atom is -0.462 e. The van der Waals surface area contributed by atoms with E-state index in [-0.39, 0.29) is 42.6 Å². The van der Waals surface area contributed by atoms with Crippen molar-refractivity contribution in [3.63, 3.8) is 0 Å². The highest BCUT2D eigenvalue weighted by atomic mass is 32.1. The van der Waals surface area contributed by atoms with Crippen LogP contribution in [0.25, 0.3) is 10.2 Å². The number of nitrogens with zero attached hydrogens (tertiary/aromatic N) is 2. The summed E-state index contributed by atoms with van der Waals surface area (Å²) >= 11 is 1.54. The Bertz CT molecular complexity index is 1790. The zero-order valence-electron chi connectivity index (χ0n) is 34.5. The first-order valence-electron chi connectivity index (χ1n) is 21.7. The number of benzene rings is 2. The molecule has 12 nitrogen and oxygen atoms in total. The molecule has 2 aromatic carbocycles. The van der Waals surface area contributed by atoms with Crippen LogP contribution in [0.5, 0.6) is 5.75 Å². The summed E-state index contributed by atoms with van der Waals surface area (Å²) in [6.45, 7) is 7.86. The van der Waals surface area contributed by atoms with Gasteiger partial charge in [-0.05, 0) is 119 Å². The van der Waals surface area contributed by atoms with Crippen molar-refractivity contribution < 1.29 is 42.8 Å². The highest BCUT2D eigenvalue weighted by molar-refractivity contribution is 7.22. The Labute approximate surface area is 352 Å². The van der Waals surface area contributed by atoms with Gasteiger partial charge in [-0.1, -0.05) is 55.9 Å². The van der Waals surface area contributed by atoms with Crippen LogP contribution in [-0.4, -0.2) is 81.0 Å². The van der Waals surface area contributed by atoms with Gasteiger partial charge in [0.25, 0.3) is 0 Å². The lowest BCUT2D eigenvalue weighted by Crippen LogP contribution is -2.33. The number of hydrogen-bond acceptors (Lipinski definition) is 13. The lowest BCUT2D eigenvalue weighted by Gasteiger charge is -2.31. The van der Waals surface area contributed by atoms with Gasteiger partial charge in [-0.15, -0.1) is 0 Å². The standard InChI is InChI=1S/C46H61N3O9S/c1-3-7-32-10-12-33(13-11-32)36-18-23-41(37(30-36)31-47-49-46-48-40-8-5-6-9-42(40)59-46)58-45(52)35-16-21-39(22-17-35)57-44(51)34-14-19-38(20-15-34)55-28-26-53-24-25-54-27-29-56-43(50)4-2/h4-6,8-9,18,23,30-35,38-39H,2-3,7,10-17,19-22,24-29H2,1H3,(H,48,49)/b47-31+. The molecule has 3 saturated carbocycles. The summed E-state index contributed by atoms with van der Waals surface area (Å²) in [7, 11) is 0. The highest BCUT2D eigenvalue weighted by Gasteiger charge is 2.33. The van der Waals surface area contributed by atoms with E-state index in [1.165, 1.54) is 44.1 Å². The number of hydrazone groups is 1. The van der Waals surface area contributed by atoms with E-state index >= 15 is 0 Å². The lowest BCUT2D eigenvalue weighted by molar-refractivity contribution is -0.159. The molecule has 0 unspecified atom stereocenters. The van der Waals surface area contributed by atoms with Crippen molar-refractivity contribution in [2.45, 2.75) is 115 Å². The predicted octanol–water partition coefficient (Wildman–Crippen LogP) is 9.16. The van der Waals surface area contributed by atoms with E-state index in [0.29, 0.717) is 75.5 Å². The number of aromatic nitrogens is 1. The van der Waals surface area contributed by atoms with E-state index < -0.39 is 5.97 Å². The maximum absolute atomic E-state index is 13.6. The van der Waals surface area contributed by atoms with Crippen molar-refractivity contribution in [3.8, 4) is 5.75 Å². The molecule has 0 atom stereocenters. The van der Waals surface area contributed by atoms with Gasteiger partial charge in [-0.25, -0.2) is 9.78 Å². The summed E-state index contributed by atoms with van der Waals surface area (Å²) in [6, 6.07) is 14.2. The first-order chi connectivity index (χ1) is 28.9. The number of hydrogen-bond donors (Lipinski definition) is 1. The molecule has 3 fully saturated rings. The van der Waals surface area contributed by atoms with Gasteiger partial charge in [-0.3, -0.25) is 15.0 Å². The fourth-order valence-corrected chi connectivity index (χ4v) is 9.29. The zero-order chi connectivity index (χ0) is 41.2. The minimum atomic E-state index is -0.467. The second-order valence-corrected chi connectivity index (χ2v) is 17.0. The minimum absolute atomic E-state index is 0.100. The second kappa shape index (κ2) is 23.6. The van der Waals surface area contributed by atoms with Gasteiger partial charge in [0.2, 0.25) is 5.13 Å². The van der Waals surface area contributed by atoms with Crippen molar-refractivity contribution in [2.24, 2.45) is 22.9 Å². The molecular weight excluding hydrogens is 771 g/mol. The van der Waals surface area contributed by atoms with Gasteiger partial charge in [-0.2, -0.15) is 5.10 Å². The molecule has 13 heteroatoms.